The maximum absolute atomic E-state index is 8.63. The molecule has 7 rings (SSSR count). The van der Waals surface area contributed by atoms with Crippen LogP contribution in [0.1, 0.15) is 11.1 Å². The molecule has 5 aromatic carbocycles. The zero-order chi connectivity index (χ0) is 31.0. The molecule has 1 heterocycles. The maximum atomic E-state index is 8.63. The summed E-state index contributed by atoms with van der Waals surface area (Å²) in [6.45, 7) is 0. The predicted octanol–water partition coefficient (Wildman–Crippen LogP) is 9.87. The van der Waals surface area contributed by atoms with Crippen LogP contribution in [0.15, 0.2) is 170 Å². The number of rotatable bonds is 5. The Morgan fingerprint density at radius 3 is 1.16 bits per heavy atom. The Balaban J connectivity index is 0.000000229. The third-order valence-electron chi connectivity index (χ3n) is 7.72. The van der Waals surface area contributed by atoms with Gasteiger partial charge in [0.25, 0.3) is 0 Å². The molecule has 0 spiro atoms. The molecule has 4 nitrogen and oxygen atoms in total. The molecule has 1 aromatic heterocycles. The normalized spacial score (nSPS) is 12.4. The first-order valence-corrected chi connectivity index (χ1v) is 14.7. The number of hydrogen-bond donors (Lipinski definition) is 3. The van der Waals surface area contributed by atoms with Gasteiger partial charge in [0, 0.05) is 29.2 Å². The van der Waals surface area contributed by atoms with Crippen molar-refractivity contribution in [3.8, 4) is 33.4 Å². The van der Waals surface area contributed by atoms with Crippen LogP contribution in [0.4, 0.5) is 5.69 Å². The van der Waals surface area contributed by atoms with Crippen LogP contribution >= 0.6 is 0 Å². The van der Waals surface area contributed by atoms with E-state index in [0.717, 1.165) is 50.2 Å². The molecular formula is C41H32N4. The van der Waals surface area contributed by atoms with E-state index in [1.54, 1.807) is 6.20 Å². The third-order valence-corrected chi connectivity index (χ3v) is 7.72. The van der Waals surface area contributed by atoms with Crippen molar-refractivity contribution in [3.05, 3.63) is 181 Å². The molecule has 45 heavy (non-hydrogen) atoms. The topological polar surface area (TPSA) is 86.6 Å². The molecule has 1 aliphatic rings. The van der Waals surface area contributed by atoms with Crippen LogP contribution in [-0.2, 0) is 0 Å². The molecule has 0 saturated carbocycles. The van der Waals surface area contributed by atoms with Crippen LogP contribution in [0.5, 0.6) is 0 Å². The molecule has 6 aromatic rings. The molecule has 4 heteroatoms. The fourth-order valence-corrected chi connectivity index (χ4v) is 5.24. The second-order valence-electron chi connectivity index (χ2n) is 10.7. The minimum atomic E-state index is 0.252. The highest BCUT2D eigenvalue weighted by molar-refractivity contribution is 6.68. The summed E-state index contributed by atoms with van der Waals surface area (Å²) >= 11 is 0. The number of anilines is 1. The van der Waals surface area contributed by atoms with Crippen LogP contribution in [-0.4, -0.2) is 16.4 Å². The van der Waals surface area contributed by atoms with Crippen molar-refractivity contribution in [1.29, 1.82) is 10.8 Å². The molecule has 0 saturated heterocycles. The van der Waals surface area contributed by atoms with E-state index in [1.807, 2.05) is 115 Å². The first-order valence-electron chi connectivity index (χ1n) is 14.7. The fraction of sp³-hybridized carbons (Fsp3) is 0. The number of nitrogens with one attached hydrogen (secondary N) is 2. The van der Waals surface area contributed by atoms with E-state index in [2.05, 4.69) is 53.5 Å². The molecule has 4 N–H and O–H groups in total. The van der Waals surface area contributed by atoms with Crippen molar-refractivity contribution >= 4 is 28.3 Å². The van der Waals surface area contributed by atoms with Crippen molar-refractivity contribution in [1.82, 2.24) is 4.98 Å². The predicted molar refractivity (Wildman–Crippen MR) is 189 cm³/mol. The van der Waals surface area contributed by atoms with Gasteiger partial charge in [0.05, 0.1) is 11.4 Å². The minimum Gasteiger partial charge on any atom is -0.399 e. The molecule has 1 aliphatic carbocycles. The number of hydrogen-bond acceptors (Lipinski definition) is 4. The zero-order valence-electron chi connectivity index (χ0n) is 24.7. The highest BCUT2D eigenvalue weighted by Gasteiger charge is 2.21. The van der Waals surface area contributed by atoms with Crippen molar-refractivity contribution < 1.29 is 0 Å². The van der Waals surface area contributed by atoms with E-state index in [4.69, 9.17) is 16.6 Å². The molecule has 0 fully saturated rings. The number of nitrogens with zero attached hydrogens (tertiary/aromatic N) is 1. The number of nitrogen functional groups attached to an aromatic ring is 1. The van der Waals surface area contributed by atoms with Gasteiger partial charge in [0.15, 0.2) is 0 Å². The average Bonchev–Trinajstić information content (AvgIpc) is 3.11. The van der Waals surface area contributed by atoms with Gasteiger partial charge in [0.2, 0.25) is 0 Å². The van der Waals surface area contributed by atoms with Crippen LogP contribution in [0.2, 0.25) is 0 Å². The smallest absolute Gasteiger partial charge is 0.0873 e. The standard InChI is InChI=1S/C30H22N2.C11H10N2/c31-29-27(25-15-11-23(12-16-25)21-7-3-1-4-8-21)19-20-28(30(29)32)26-17-13-24(14-18-26)22-9-5-2-6-10-22;12-11-5-3-9(4-6-11)10-2-1-7-13-8-10/h1-20,31-32H;1-8H,12H2. The van der Waals surface area contributed by atoms with E-state index < -0.39 is 0 Å². The van der Waals surface area contributed by atoms with Gasteiger partial charge in [0.1, 0.15) is 0 Å². The summed E-state index contributed by atoms with van der Waals surface area (Å²) in [6, 6.07) is 48.6. The molecule has 0 bridgehead atoms. The van der Waals surface area contributed by atoms with Gasteiger partial charge < -0.3 is 5.73 Å². The zero-order valence-corrected chi connectivity index (χ0v) is 24.7. The molecule has 0 atom stereocenters. The molecule has 0 unspecified atom stereocenters. The van der Waals surface area contributed by atoms with Crippen LogP contribution < -0.4 is 5.73 Å². The molecule has 0 radical (unpaired) electrons. The van der Waals surface area contributed by atoms with Gasteiger partial charge in [-0.25, -0.2) is 0 Å². The van der Waals surface area contributed by atoms with Crippen molar-refractivity contribution in [2.24, 2.45) is 0 Å². The quantitative estimate of drug-likeness (QED) is 0.140. The largest absolute Gasteiger partial charge is 0.399 e. The lowest BCUT2D eigenvalue weighted by Crippen LogP contribution is -2.18. The lowest BCUT2D eigenvalue weighted by molar-refractivity contribution is 1.33. The summed E-state index contributed by atoms with van der Waals surface area (Å²) < 4.78 is 0. The van der Waals surface area contributed by atoms with E-state index in [-0.39, 0.29) is 11.4 Å². The Morgan fingerprint density at radius 2 is 0.733 bits per heavy atom. The Kier molecular flexibility index (Phi) is 8.66. The highest BCUT2D eigenvalue weighted by atomic mass is 14.6. The maximum Gasteiger partial charge on any atom is 0.0873 e. The van der Waals surface area contributed by atoms with Crippen molar-refractivity contribution in [2.75, 3.05) is 5.73 Å². The number of benzene rings is 5. The number of allylic oxidation sites excluding steroid dienone is 4. The summed E-state index contributed by atoms with van der Waals surface area (Å²) in [4.78, 5) is 4.05. The lowest BCUT2D eigenvalue weighted by atomic mass is 9.86. The SMILES string of the molecule is N=C1C(=N)C(c2ccc(-c3ccccc3)cc2)=CC=C1c1ccc(-c2ccccc2)cc1.Nc1ccc(-c2cccnc2)cc1. The minimum absolute atomic E-state index is 0.252. The van der Waals surface area contributed by atoms with Crippen molar-refractivity contribution in [3.63, 3.8) is 0 Å². The highest BCUT2D eigenvalue weighted by Crippen LogP contribution is 2.30. The van der Waals surface area contributed by atoms with E-state index in [0.29, 0.717) is 0 Å². The summed E-state index contributed by atoms with van der Waals surface area (Å²) in [7, 11) is 0. The van der Waals surface area contributed by atoms with Gasteiger partial charge in [-0.3, -0.25) is 15.8 Å². The first-order chi connectivity index (χ1) is 22.1. The summed E-state index contributed by atoms with van der Waals surface area (Å²) in [5, 5.41) is 17.3. The number of aromatic nitrogens is 1. The van der Waals surface area contributed by atoms with Gasteiger partial charge in [-0.2, -0.15) is 0 Å². The van der Waals surface area contributed by atoms with Gasteiger partial charge >= 0.3 is 0 Å². The fourth-order valence-electron chi connectivity index (χ4n) is 5.24. The van der Waals surface area contributed by atoms with Gasteiger partial charge in [-0.15, -0.1) is 0 Å². The second-order valence-corrected chi connectivity index (χ2v) is 10.7. The summed E-state index contributed by atoms with van der Waals surface area (Å²) in [5.74, 6) is 0. The van der Waals surface area contributed by atoms with E-state index >= 15 is 0 Å². The average molecular weight is 581 g/mol. The van der Waals surface area contributed by atoms with Gasteiger partial charge in [-0.05, 0) is 62.7 Å². The Morgan fingerprint density at radius 1 is 0.378 bits per heavy atom. The Hall–Kier alpha value is -6.13. The first kappa shape index (κ1) is 29.0. The van der Waals surface area contributed by atoms with E-state index in [9.17, 15) is 0 Å². The molecule has 0 amide bonds. The van der Waals surface area contributed by atoms with Crippen LogP contribution in [0, 0.1) is 10.8 Å². The Labute approximate surface area is 263 Å². The second kappa shape index (κ2) is 13.4. The Bertz CT molecular complexity index is 1860. The van der Waals surface area contributed by atoms with Gasteiger partial charge in [-0.1, -0.05) is 140 Å². The summed E-state index contributed by atoms with van der Waals surface area (Å²) in [6.07, 6.45) is 7.52. The molecule has 216 valence electrons. The van der Waals surface area contributed by atoms with Crippen LogP contribution in [0.3, 0.4) is 0 Å². The summed E-state index contributed by atoms with van der Waals surface area (Å²) in [5.41, 5.74) is 17.2. The number of pyridine rings is 1. The van der Waals surface area contributed by atoms with E-state index in [1.165, 1.54) is 11.1 Å². The molecular weight excluding hydrogens is 548 g/mol. The molecule has 0 aliphatic heterocycles. The van der Waals surface area contributed by atoms with Crippen molar-refractivity contribution in [2.45, 2.75) is 0 Å². The van der Waals surface area contributed by atoms with Crippen LogP contribution in [0.25, 0.3) is 44.5 Å². The monoisotopic (exact) mass is 580 g/mol. The lowest BCUT2D eigenvalue weighted by Gasteiger charge is -2.18. The third kappa shape index (κ3) is 6.76. The number of nitrogens with two attached hydrogens (primary N) is 1.